The lowest BCUT2D eigenvalue weighted by molar-refractivity contribution is -0.118. The molecule has 2 amide bonds. The van der Waals surface area contributed by atoms with Crippen molar-refractivity contribution >= 4 is 46.4 Å². The molecule has 2 N–H and O–H groups in total. The van der Waals surface area contributed by atoms with Gasteiger partial charge in [-0.25, -0.2) is 0 Å². The molecule has 0 heterocycles. The number of ether oxygens (including phenoxy) is 3. The van der Waals surface area contributed by atoms with Crippen LogP contribution in [-0.2, 0) is 4.79 Å². The SMILES string of the molecule is COc1ccc(NC(=O)COc2ccc(C(=O)Nc3cccc(Cl)c3Cl)cc2OC)cc1. The third kappa shape index (κ3) is 5.84. The van der Waals surface area contributed by atoms with Gasteiger partial charge >= 0.3 is 0 Å². The summed E-state index contributed by atoms with van der Waals surface area (Å²) in [7, 11) is 3.01. The summed E-state index contributed by atoms with van der Waals surface area (Å²) in [5.74, 6) is 0.540. The first-order chi connectivity index (χ1) is 15.4. The fourth-order valence-electron chi connectivity index (χ4n) is 2.74. The van der Waals surface area contributed by atoms with Gasteiger partial charge in [0, 0.05) is 11.3 Å². The highest BCUT2D eigenvalue weighted by Gasteiger charge is 2.14. The van der Waals surface area contributed by atoms with Crippen molar-refractivity contribution in [2.45, 2.75) is 0 Å². The maximum Gasteiger partial charge on any atom is 0.262 e. The number of amides is 2. The summed E-state index contributed by atoms with van der Waals surface area (Å²) >= 11 is 12.1. The molecule has 0 saturated heterocycles. The minimum atomic E-state index is -0.406. The maximum atomic E-state index is 12.6. The van der Waals surface area contributed by atoms with Gasteiger partial charge in [-0.1, -0.05) is 29.3 Å². The van der Waals surface area contributed by atoms with E-state index in [9.17, 15) is 9.59 Å². The first kappa shape index (κ1) is 23.2. The standard InChI is InChI=1S/C23H20Cl2N2O5/c1-30-16-9-7-15(8-10-16)26-21(28)13-32-19-11-6-14(12-20(19)31-2)23(29)27-18-5-3-4-17(24)22(18)25/h3-12H,13H2,1-2H3,(H,26,28)(H,27,29). The predicted octanol–water partition coefficient (Wildman–Crippen LogP) is 5.28. The monoisotopic (exact) mass is 474 g/mol. The van der Waals surface area contributed by atoms with Crippen LogP contribution in [0.2, 0.25) is 10.0 Å². The van der Waals surface area contributed by atoms with Gasteiger partial charge in [0.15, 0.2) is 18.1 Å². The fourth-order valence-corrected chi connectivity index (χ4v) is 3.09. The molecule has 0 atom stereocenters. The topological polar surface area (TPSA) is 85.9 Å². The highest BCUT2D eigenvalue weighted by Crippen LogP contribution is 2.31. The van der Waals surface area contributed by atoms with Gasteiger partial charge in [-0.05, 0) is 54.6 Å². The van der Waals surface area contributed by atoms with Crippen LogP contribution in [0.15, 0.2) is 60.7 Å². The molecule has 0 bridgehead atoms. The average Bonchev–Trinajstić information content (AvgIpc) is 2.81. The highest BCUT2D eigenvalue weighted by molar-refractivity contribution is 6.44. The van der Waals surface area contributed by atoms with E-state index in [0.29, 0.717) is 39.2 Å². The Balaban J connectivity index is 1.63. The van der Waals surface area contributed by atoms with Gasteiger partial charge < -0.3 is 24.8 Å². The number of methoxy groups -OCH3 is 2. The summed E-state index contributed by atoms with van der Waals surface area (Å²) < 4.78 is 16.0. The van der Waals surface area contributed by atoms with Gasteiger partial charge in [0.2, 0.25) is 0 Å². The molecular formula is C23H20Cl2N2O5. The van der Waals surface area contributed by atoms with Crippen LogP contribution in [0.3, 0.4) is 0 Å². The quantitative estimate of drug-likeness (QED) is 0.463. The number of hydrogen-bond acceptors (Lipinski definition) is 5. The number of benzene rings is 3. The molecule has 0 aliphatic rings. The minimum absolute atomic E-state index is 0.244. The van der Waals surface area contributed by atoms with Crippen molar-refractivity contribution in [1.29, 1.82) is 0 Å². The van der Waals surface area contributed by atoms with E-state index in [-0.39, 0.29) is 17.5 Å². The Labute approximate surface area is 195 Å². The van der Waals surface area contributed by atoms with Crippen LogP contribution in [0.25, 0.3) is 0 Å². The predicted molar refractivity (Wildman–Crippen MR) is 125 cm³/mol. The Morgan fingerprint density at radius 2 is 1.62 bits per heavy atom. The molecule has 3 aromatic carbocycles. The van der Waals surface area contributed by atoms with E-state index in [4.69, 9.17) is 37.4 Å². The zero-order valence-electron chi connectivity index (χ0n) is 17.3. The lowest BCUT2D eigenvalue weighted by Crippen LogP contribution is -2.20. The van der Waals surface area contributed by atoms with Crippen LogP contribution in [0, 0.1) is 0 Å². The zero-order chi connectivity index (χ0) is 23.1. The number of halogens is 2. The molecule has 3 rings (SSSR count). The zero-order valence-corrected chi connectivity index (χ0v) is 18.8. The van der Waals surface area contributed by atoms with Gasteiger partial charge in [0.1, 0.15) is 5.75 Å². The molecule has 3 aromatic rings. The van der Waals surface area contributed by atoms with E-state index in [2.05, 4.69) is 10.6 Å². The highest BCUT2D eigenvalue weighted by atomic mass is 35.5. The third-order valence-electron chi connectivity index (χ3n) is 4.36. The maximum absolute atomic E-state index is 12.6. The Kier molecular flexibility index (Phi) is 7.81. The summed E-state index contributed by atoms with van der Waals surface area (Å²) in [6.45, 7) is -0.244. The van der Waals surface area contributed by atoms with E-state index in [1.165, 1.54) is 13.2 Å². The van der Waals surface area contributed by atoms with Gasteiger partial charge in [-0.2, -0.15) is 0 Å². The van der Waals surface area contributed by atoms with Gasteiger partial charge in [-0.3, -0.25) is 9.59 Å². The van der Waals surface area contributed by atoms with Crippen molar-refractivity contribution in [3.8, 4) is 17.2 Å². The summed E-state index contributed by atoms with van der Waals surface area (Å²) in [4.78, 5) is 24.8. The third-order valence-corrected chi connectivity index (χ3v) is 5.18. The molecule has 9 heteroatoms. The van der Waals surface area contributed by atoms with Gasteiger partial charge in [0.25, 0.3) is 11.8 Å². The first-order valence-corrected chi connectivity index (χ1v) is 10.2. The molecule has 7 nitrogen and oxygen atoms in total. The van der Waals surface area contributed by atoms with Crippen LogP contribution >= 0.6 is 23.2 Å². The lowest BCUT2D eigenvalue weighted by atomic mass is 10.2. The average molecular weight is 475 g/mol. The van der Waals surface area contributed by atoms with Crippen molar-refractivity contribution in [2.75, 3.05) is 31.5 Å². The van der Waals surface area contributed by atoms with Crippen molar-refractivity contribution in [1.82, 2.24) is 0 Å². The molecule has 0 aromatic heterocycles. The van der Waals surface area contributed by atoms with Crippen LogP contribution in [-0.4, -0.2) is 32.6 Å². The fraction of sp³-hybridized carbons (Fsp3) is 0.130. The largest absolute Gasteiger partial charge is 0.497 e. The van der Waals surface area contributed by atoms with Crippen LogP contribution in [0.1, 0.15) is 10.4 Å². The van der Waals surface area contributed by atoms with E-state index >= 15 is 0 Å². The van der Waals surface area contributed by atoms with E-state index in [1.54, 1.807) is 61.7 Å². The van der Waals surface area contributed by atoms with E-state index in [1.807, 2.05) is 0 Å². The number of rotatable bonds is 8. The molecule has 0 unspecified atom stereocenters. The summed E-state index contributed by atoms with van der Waals surface area (Å²) in [5, 5.41) is 6.00. The van der Waals surface area contributed by atoms with Crippen molar-refractivity contribution in [3.63, 3.8) is 0 Å². The van der Waals surface area contributed by atoms with Crippen LogP contribution in [0.5, 0.6) is 17.2 Å². The van der Waals surface area contributed by atoms with Crippen molar-refractivity contribution in [2.24, 2.45) is 0 Å². The number of hydrogen-bond donors (Lipinski definition) is 2. The second kappa shape index (κ2) is 10.7. The van der Waals surface area contributed by atoms with Crippen LogP contribution in [0.4, 0.5) is 11.4 Å². The Hall–Kier alpha value is -3.42. The second-order valence-corrected chi connectivity index (χ2v) is 7.27. The smallest absolute Gasteiger partial charge is 0.262 e. The van der Waals surface area contributed by atoms with Gasteiger partial charge in [-0.15, -0.1) is 0 Å². The molecule has 0 spiro atoms. The first-order valence-electron chi connectivity index (χ1n) is 9.41. The van der Waals surface area contributed by atoms with Crippen molar-refractivity contribution in [3.05, 3.63) is 76.3 Å². The molecule has 32 heavy (non-hydrogen) atoms. The van der Waals surface area contributed by atoms with Gasteiger partial charge in [0.05, 0.1) is 30.0 Å². The lowest BCUT2D eigenvalue weighted by Gasteiger charge is -2.13. The molecule has 0 fully saturated rings. The van der Waals surface area contributed by atoms with E-state index < -0.39 is 5.91 Å². The Bertz CT molecular complexity index is 1120. The Morgan fingerprint density at radius 1 is 0.875 bits per heavy atom. The van der Waals surface area contributed by atoms with Crippen LogP contribution < -0.4 is 24.8 Å². The Morgan fingerprint density at radius 3 is 2.31 bits per heavy atom. The molecule has 0 aliphatic carbocycles. The van der Waals surface area contributed by atoms with Crippen molar-refractivity contribution < 1.29 is 23.8 Å². The molecular weight excluding hydrogens is 455 g/mol. The second-order valence-electron chi connectivity index (χ2n) is 6.49. The number of carbonyl (C=O) groups is 2. The molecule has 0 saturated carbocycles. The summed E-state index contributed by atoms with van der Waals surface area (Å²) in [6, 6.07) is 16.5. The normalized spacial score (nSPS) is 10.2. The number of nitrogens with one attached hydrogen (secondary N) is 2. The number of anilines is 2. The molecule has 166 valence electrons. The summed E-state index contributed by atoms with van der Waals surface area (Å²) in [6.07, 6.45) is 0. The number of carbonyl (C=O) groups excluding carboxylic acids is 2. The minimum Gasteiger partial charge on any atom is -0.497 e. The molecule has 0 radical (unpaired) electrons. The van der Waals surface area contributed by atoms with E-state index in [0.717, 1.165) is 0 Å². The molecule has 0 aliphatic heterocycles. The summed E-state index contributed by atoms with van der Waals surface area (Å²) in [5.41, 5.74) is 1.31.